The van der Waals surface area contributed by atoms with Gasteiger partial charge >= 0.3 is 0 Å². The normalized spacial score (nSPS) is 11.3. The summed E-state index contributed by atoms with van der Waals surface area (Å²) in [6.45, 7) is 3.05. The zero-order valence-corrected chi connectivity index (χ0v) is 9.36. The molecule has 0 saturated heterocycles. The monoisotopic (exact) mass is 227 g/mol. The van der Waals surface area contributed by atoms with Crippen molar-refractivity contribution >= 4 is 11.8 Å². The highest BCUT2D eigenvalue weighted by Gasteiger charge is 2.22. The molecule has 1 rings (SSSR count). The number of hydrogen-bond acceptors (Lipinski definition) is 7. The first-order chi connectivity index (χ1) is 7.53. The molecule has 0 spiro atoms. The number of aromatic nitrogens is 2. The van der Waals surface area contributed by atoms with Crippen molar-refractivity contribution in [3.05, 3.63) is 11.8 Å². The van der Waals surface area contributed by atoms with Crippen LogP contribution < -0.4 is 16.6 Å². The summed E-state index contributed by atoms with van der Waals surface area (Å²) < 4.78 is 0. The average Bonchev–Trinajstić information content (AvgIpc) is 2.28. The molecular formula is C9H17N5O2. The zero-order valence-electron chi connectivity index (χ0n) is 9.36. The Labute approximate surface area is 93.7 Å². The van der Waals surface area contributed by atoms with Gasteiger partial charge in [0.05, 0.1) is 18.8 Å². The van der Waals surface area contributed by atoms with Crippen molar-refractivity contribution in [1.29, 1.82) is 0 Å². The van der Waals surface area contributed by atoms with Crippen molar-refractivity contribution in [2.75, 3.05) is 24.0 Å². The third-order valence-electron chi connectivity index (χ3n) is 2.11. The lowest BCUT2D eigenvalue weighted by Gasteiger charge is -2.26. The van der Waals surface area contributed by atoms with Crippen molar-refractivity contribution in [3.63, 3.8) is 0 Å². The molecule has 6 N–H and O–H groups in total. The summed E-state index contributed by atoms with van der Waals surface area (Å²) in [5.41, 5.74) is 2.24. The van der Waals surface area contributed by atoms with E-state index in [-0.39, 0.29) is 19.2 Å². The molecule has 0 fully saturated rings. The Morgan fingerprint density at radius 1 is 1.38 bits per heavy atom. The quantitative estimate of drug-likeness (QED) is 0.331. The van der Waals surface area contributed by atoms with E-state index in [4.69, 9.17) is 16.1 Å². The molecule has 1 aromatic heterocycles. The predicted molar refractivity (Wildman–Crippen MR) is 60.8 cm³/mol. The van der Waals surface area contributed by atoms with E-state index < -0.39 is 5.54 Å². The number of rotatable bonds is 5. The van der Waals surface area contributed by atoms with Crippen molar-refractivity contribution < 1.29 is 10.2 Å². The maximum atomic E-state index is 9.14. The van der Waals surface area contributed by atoms with E-state index in [0.717, 1.165) is 5.69 Å². The van der Waals surface area contributed by atoms with Gasteiger partial charge in [-0.2, -0.15) is 4.98 Å². The van der Waals surface area contributed by atoms with E-state index in [9.17, 15) is 0 Å². The summed E-state index contributed by atoms with van der Waals surface area (Å²) in [6, 6.07) is 1.70. The van der Waals surface area contributed by atoms with Gasteiger partial charge in [-0.15, -0.1) is 0 Å². The van der Waals surface area contributed by atoms with Crippen LogP contribution in [0.15, 0.2) is 6.07 Å². The second-order valence-electron chi connectivity index (χ2n) is 3.86. The third kappa shape index (κ3) is 3.02. The van der Waals surface area contributed by atoms with Crippen LogP contribution in [0, 0.1) is 6.92 Å². The van der Waals surface area contributed by atoms with E-state index in [1.165, 1.54) is 0 Å². The summed E-state index contributed by atoms with van der Waals surface area (Å²) >= 11 is 0. The number of hydrogen-bond donors (Lipinski definition) is 5. The summed E-state index contributed by atoms with van der Waals surface area (Å²) in [5, 5.41) is 21.2. The summed E-state index contributed by atoms with van der Waals surface area (Å²) in [7, 11) is 0. The van der Waals surface area contributed by atoms with Crippen molar-refractivity contribution in [3.8, 4) is 0 Å². The molecule has 0 unspecified atom stereocenters. The first-order valence-electron chi connectivity index (χ1n) is 4.85. The van der Waals surface area contributed by atoms with Crippen LogP contribution in [-0.4, -0.2) is 38.9 Å². The van der Waals surface area contributed by atoms with Gasteiger partial charge < -0.3 is 15.5 Å². The molecule has 0 aliphatic carbocycles. The van der Waals surface area contributed by atoms with Crippen molar-refractivity contribution in [2.24, 2.45) is 5.84 Å². The Balaban J connectivity index is 2.92. The van der Waals surface area contributed by atoms with Crippen LogP contribution in [0.25, 0.3) is 0 Å². The van der Waals surface area contributed by atoms with Crippen molar-refractivity contribution in [1.82, 2.24) is 9.97 Å². The zero-order chi connectivity index (χ0) is 12.2. The van der Waals surface area contributed by atoms with Crippen LogP contribution in [0.4, 0.5) is 11.8 Å². The van der Waals surface area contributed by atoms with Crippen molar-refractivity contribution in [2.45, 2.75) is 19.4 Å². The fraction of sp³-hybridized carbons (Fsp3) is 0.556. The number of aliphatic hydroxyl groups is 2. The Kier molecular flexibility index (Phi) is 3.99. The highest BCUT2D eigenvalue weighted by Crippen LogP contribution is 2.14. The summed E-state index contributed by atoms with van der Waals surface area (Å²) in [5.74, 6) is 5.98. The van der Waals surface area contributed by atoms with Gasteiger partial charge in [0, 0.05) is 11.8 Å². The molecule has 16 heavy (non-hydrogen) atoms. The molecule has 0 amide bonds. The molecule has 0 atom stereocenters. The summed E-state index contributed by atoms with van der Waals surface area (Å²) in [6.07, 6.45) is 0. The number of nitrogens with two attached hydrogens (primary N) is 1. The largest absolute Gasteiger partial charge is 0.394 e. The molecule has 0 bridgehead atoms. The van der Waals surface area contributed by atoms with Crippen LogP contribution in [-0.2, 0) is 0 Å². The average molecular weight is 227 g/mol. The number of hydrazine groups is 1. The third-order valence-corrected chi connectivity index (χ3v) is 2.11. The molecule has 7 heteroatoms. The minimum Gasteiger partial charge on any atom is -0.394 e. The standard InChI is InChI=1S/C9H17N5O2/c1-6-3-7(12-8(11-6)14-10)13-9(2,4-15)5-16/h3,15-16H,4-5,10H2,1-2H3,(H2,11,12,13,14). The number of nitrogens with one attached hydrogen (secondary N) is 2. The number of anilines is 2. The van der Waals surface area contributed by atoms with Gasteiger partial charge in [-0.05, 0) is 13.8 Å². The molecule has 0 saturated carbocycles. The second-order valence-corrected chi connectivity index (χ2v) is 3.86. The first kappa shape index (κ1) is 12.6. The second kappa shape index (κ2) is 5.06. The first-order valence-corrected chi connectivity index (χ1v) is 4.85. The number of nitrogens with zero attached hydrogens (tertiary/aromatic N) is 2. The smallest absolute Gasteiger partial charge is 0.239 e. The van der Waals surface area contributed by atoms with E-state index in [1.54, 1.807) is 19.9 Å². The lowest BCUT2D eigenvalue weighted by atomic mass is 10.1. The lowest BCUT2D eigenvalue weighted by molar-refractivity contribution is 0.147. The Hall–Kier alpha value is -1.44. The molecule has 90 valence electrons. The van der Waals surface area contributed by atoms with E-state index in [1.807, 2.05) is 0 Å². The Morgan fingerprint density at radius 2 is 2.00 bits per heavy atom. The fourth-order valence-corrected chi connectivity index (χ4v) is 1.14. The number of nitrogen functional groups attached to an aromatic ring is 1. The number of aryl methyl sites for hydroxylation is 1. The molecule has 0 aliphatic rings. The maximum absolute atomic E-state index is 9.14. The molecule has 0 aliphatic heterocycles. The maximum Gasteiger partial charge on any atom is 0.239 e. The van der Waals surface area contributed by atoms with Gasteiger partial charge in [-0.3, -0.25) is 5.43 Å². The molecular weight excluding hydrogens is 210 g/mol. The Morgan fingerprint density at radius 3 is 2.50 bits per heavy atom. The van der Waals surface area contributed by atoms with Gasteiger partial charge in [0.2, 0.25) is 5.95 Å². The highest BCUT2D eigenvalue weighted by atomic mass is 16.3. The van der Waals surface area contributed by atoms with Crippen LogP contribution in [0.1, 0.15) is 12.6 Å². The van der Waals surface area contributed by atoms with Gasteiger partial charge in [-0.25, -0.2) is 10.8 Å². The van der Waals surface area contributed by atoms with Gasteiger partial charge in [0.15, 0.2) is 0 Å². The predicted octanol–water partition coefficient (Wildman–Crippen LogP) is -0.774. The summed E-state index contributed by atoms with van der Waals surface area (Å²) in [4.78, 5) is 8.07. The van der Waals surface area contributed by atoms with Gasteiger partial charge in [0.1, 0.15) is 5.82 Å². The molecule has 0 radical (unpaired) electrons. The topological polar surface area (TPSA) is 116 Å². The highest BCUT2D eigenvalue weighted by molar-refractivity contribution is 5.43. The van der Waals surface area contributed by atoms with Crippen LogP contribution in [0.3, 0.4) is 0 Å². The minimum atomic E-state index is -0.827. The number of aliphatic hydroxyl groups excluding tert-OH is 2. The van der Waals surface area contributed by atoms with Crippen LogP contribution in [0.5, 0.6) is 0 Å². The molecule has 7 nitrogen and oxygen atoms in total. The van der Waals surface area contributed by atoms with E-state index in [0.29, 0.717) is 5.82 Å². The SMILES string of the molecule is Cc1cc(NC(C)(CO)CO)nc(NN)n1. The molecule has 1 heterocycles. The minimum absolute atomic E-state index is 0.210. The van der Waals surface area contributed by atoms with E-state index in [2.05, 4.69) is 20.7 Å². The molecule has 0 aromatic carbocycles. The fourth-order valence-electron chi connectivity index (χ4n) is 1.14. The lowest BCUT2D eigenvalue weighted by Crippen LogP contribution is -2.42. The Bertz CT molecular complexity index is 354. The van der Waals surface area contributed by atoms with Crippen LogP contribution >= 0.6 is 0 Å². The van der Waals surface area contributed by atoms with E-state index >= 15 is 0 Å². The van der Waals surface area contributed by atoms with Gasteiger partial charge in [-0.1, -0.05) is 0 Å². The van der Waals surface area contributed by atoms with Gasteiger partial charge in [0.25, 0.3) is 0 Å². The van der Waals surface area contributed by atoms with Crippen LogP contribution in [0.2, 0.25) is 0 Å². The molecule has 1 aromatic rings.